The molecule has 108 valence electrons. The van der Waals surface area contributed by atoms with Gasteiger partial charge in [0.2, 0.25) is 5.91 Å². The Morgan fingerprint density at radius 3 is 3.15 bits per heavy atom. The second-order valence-corrected chi connectivity index (χ2v) is 6.41. The molecule has 1 saturated heterocycles. The summed E-state index contributed by atoms with van der Waals surface area (Å²) in [5, 5.41) is 6.09. The summed E-state index contributed by atoms with van der Waals surface area (Å²) in [6.45, 7) is 2.81. The summed E-state index contributed by atoms with van der Waals surface area (Å²) in [5.74, 6) is 1.52. The lowest BCUT2D eigenvalue weighted by Gasteiger charge is -2.42. The van der Waals surface area contributed by atoms with Gasteiger partial charge in [-0.2, -0.15) is 5.10 Å². The average molecular weight is 274 g/mol. The number of allylic oxidation sites excluding steroid dienone is 1. The number of amides is 1. The van der Waals surface area contributed by atoms with Crippen molar-refractivity contribution in [2.45, 2.75) is 44.7 Å². The minimum absolute atomic E-state index is 0.196. The maximum absolute atomic E-state index is 12.7. The first-order chi connectivity index (χ1) is 9.79. The number of hydrazine groups is 1. The fourth-order valence-corrected chi connectivity index (χ4v) is 4.74. The molecule has 0 spiro atoms. The van der Waals surface area contributed by atoms with Crippen LogP contribution in [0.15, 0.2) is 16.8 Å². The van der Waals surface area contributed by atoms with Crippen LogP contribution >= 0.6 is 0 Å². The molecule has 0 aromatic rings. The van der Waals surface area contributed by atoms with Crippen molar-refractivity contribution in [3.63, 3.8) is 0 Å². The summed E-state index contributed by atoms with van der Waals surface area (Å²) in [6.07, 6.45) is 8.38. The van der Waals surface area contributed by atoms with E-state index in [1.165, 1.54) is 18.4 Å². The summed E-state index contributed by atoms with van der Waals surface area (Å²) >= 11 is 0. The molecule has 2 aliphatic heterocycles. The molecule has 5 heteroatoms. The lowest BCUT2D eigenvalue weighted by Crippen LogP contribution is -2.60. The van der Waals surface area contributed by atoms with E-state index in [-0.39, 0.29) is 5.92 Å². The number of hydrazone groups is 1. The zero-order chi connectivity index (χ0) is 13.7. The van der Waals surface area contributed by atoms with E-state index in [4.69, 9.17) is 0 Å². The van der Waals surface area contributed by atoms with Crippen molar-refractivity contribution in [3.05, 3.63) is 11.6 Å². The van der Waals surface area contributed by atoms with Crippen molar-refractivity contribution < 1.29 is 4.79 Å². The number of nitrogens with zero attached hydrogens (tertiary/aromatic N) is 2. The van der Waals surface area contributed by atoms with Crippen LogP contribution in [0.4, 0.5) is 0 Å². The number of rotatable bonds is 1. The maximum atomic E-state index is 12.7. The molecule has 5 atom stereocenters. The SMILES string of the molecule is CCN1NC2CCC3C4NN=CC=C4CCC(C1=O)C23. The molecule has 1 amide bonds. The van der Waals surface area contributed by atoms with E-state index < -0.39 is 0 Å². The monoisotopic (exact) mass is 274 g/mol. The number of hydrogen-bond acceptors (Lipinski definition) is 4. The first-order valence-corrected chi connectivity index (χ1v) is 7.84. The van der Waals surface area contributed by atoms with E-state index in [1.807, 2.05) is 18.1 Å². The highest BCUT2D eigenvalue weighted by Gasteiger charge is 2.53. The topological polar surface area (TPSA) is 56.7 Å². The van der Waals surface area contributed by atoms with E-state index in [0.717, 1.165) is 19.4 Å². The first-order valence-electron chi connectivity index (χ1n) is 7.84. The molecule has 2 N–H and O–H groups in total. The second kappa shape index (κ2) is 4.58. The lowest BCUT2D eigenvalue weighted by atomic mass is 9.77. The molecule has 5 unspecified atom stereocenters. The van der Waals surface area contributed by atoms with Crippen molar-refractivity contribution in [2.75, 3.05) is 6.54 Å². The van der Waals surface area contributed by atoms with Gasteiger partial charge in [0, 0.05) is 24.7 Å². The van der Waals surface area contributed by atoms with Crippen molar-refractivity contribution in [1.82, 2.24) is 15.9 Å². The Labute approximate surface area is 119 Å². The van der Waals surface area contributed by atoms with Gasteiger partial charge in [-0.25, -0.2) is 5.43 Å². The predicted molar refractivity (Wildman–Crippen MR) is 76.7 cm³/mol. The van der Waals surface area contributed by atoms with E-state index in [0.29, 0.717) is 29.8 Å². The molecule has 0 bridgehead atoms. The van der Waals surface area contributed by atoms with Gasteiger partial charge in [-0.3, -0.25) is 9.80 Å². The first kappa shape index (κ1) is 12.4. The average Bonchev–Trinajstić information content (AvgIpc) is 2.81. The summed E-state index contributed by atoms with van der Waals surface area (Å²) in [4.78, 5) is 12.7. The number of carbonyl (C=O) groups is 1. The summed E-state index contributed by atoms with van der Waals surface area (Å²) < 4.78 is 0. The highest BCUT2D eigenvalue weighted by atomic mass is 16.2. The molecular formula is C15H22N4O. The summed E-state index contributed by atoms with van der Waals surface area (Å²) in [5.41, 5.74) is 8.22. The fourth-order valence-electron chi connectivity index (χ4n) is 4.74. The molecule has 0 aromatic heterocycles. The zero-order valence-electron chi connectivity index (χ0n) is 11.9. The van der Waals surface area contributed by atoms with Crippen LogP contribution in [0.1, 0.15) is 32.6 Å². The van der Waals surface area contributed by atoms with Crippen LogP contribution in [0.5, 0.6) is 0 Å². The summed E-state index contributed by atoms with van der Waals surface area (Å²) in [6, 6.07) is 0.817. The molecule has 3 fully saturated rings. The molecular weight excluding hydrogens is 252 g/mol. The molecule has 0 aromatic carbocycles. The Morgan fingerprint density at radius 1 is 1.40 bits per heavy atom. The van der Waals surface area contributed by atoms with Crippen LogP contribution in [-0.2, 0) is 4.79 Å². The Balaban J connectivity index is 1.70. The van der Waals surface area contributed by atoms with Crippen LogP contribution in [0.2, 0.25) is 0 Å². The van der Waals surface area contributed by atoms with Gasteiger partial charge in [0.1, 0.15) is 0 Å². The number of fused-ring (bicyclic) bond motifs is 2. The van der Waals surface area contributed by atoms with Crippen molar-refractivity contribution in [3.8, 4) is 0 Å². The maximum Gasteiger partial charge on any atom is 0.240 e. The van der Waals surface area contributed by atoms with Crippen LogP contribution in [0, 0.1) is 17.8 Å². The van der Waals surface area contributed by atoms with Gasteiger partial charge < -0.3 is 5.43 Å². The number of nitrogens with one attached hydrogen (secondary N) is 2. The predicted octanol–water partition coefficient (Wildman–Crippen LogP) is 1.04. The third-order valence-electron chi connectivity index (χ3n) is 5.60. The molecule has 2 heterocycles. The van der Waals surface area contributed by atoms with Gasteiger partial charge >= 0.3 is 0 Å². The Bertz CT molecular complexity index is 486. The molecule has 4 aliphatic rings. The normalized spacial score (nSPS) is 42.5. The largest absolute Gasteiger partial charge is 0.303 e. The number of hydrogen-bond donors (Lipinski definition) is 2. The van der Waals surface area contributed by atoms with E-state index in [1.54, 1.807) is 0 Å². The van der Waals surface area contributed by atoms with Gasteiger partial charge in [0.15, 0.2) is 0 Å². The van der Waals surface area contributed by atoms with Crippen molar-refractivity contribution in [1.29, 1.82) is 0 Å². The molecule has 5 nitrogen and oxygen atoms in total. The van der Waals surface area contributed by atoms with Crippen LogP contribution in [0.25, 0.3) is 0 Å². The highest BCUT2D eigenvalue weighted by Crippen LogP contribution is 2.48. The van der Waals surface area contributed by atoms with Gasteiger partial charge in [-0.05, 0) is 56.1 Å². The standard InChI is InChI=1S/C15H22N4O/c1-2-19-15(20)11-4-3-9-7-8-16-17-14(9)10-5-6-12(18-19)13(10)11/h7-8,10-14,17-18H,2-6H2,1H3. The second-order valence-electron chi connectivity index (χ2n) is 6.41. The lowest BCUT2D eigenvalue weighted by molar-refractivity contribution is -0.148. The van der Waals surface area contributed by atoms with Crippen LogP contribution in [0.3, 0.4) is 0 Å². The molecule has 4 rings (SSSR count). The van der Waals surface area contributed by atoms with E-state index in [9.17, 15) is 4.79 Å². The van der Waals surface area contributed by atoms with E-state index in [2.05, 4.69) is 22.0 Å². The third-order valence-corrected chi connectivity index (χ3v) is 5.60. The highest BCUT2D eigenvalue weighted by molar-refractivity contribution is 5.80. The van der Waals surface area contributed by atoms with Gasteiger partial charge in [-0.1, -0.05) is 0 Å². The van der Waals surface area contributed by atoms with Crippen molar-refractivity contribution >= 4 is 12.1 Å². The Hall–Kier alpha value is -1.36. The molecule has 0 radical (unpaired) electrons. The fraction of sp³-hybridized carbons (Fsp3) is 0.733. The van der Waals surface area contributed by atoms with E-state index >= 15 is 0 Å². The molecule has 2 saturated carbocycles. The van der Waals surface area contributed by atoms with Crippen molar-refractivity contribution in [2.24, 2.45) is 22.9 Å². The molecule has 20 heavy (non-hydrogen) atoms. The summed E-state index contributed by atoms with van der Waals surface area (Å²) in [7, 11) is 0. The van der Waals surface area contributed by atoms with Gasteiger partial charge in [0.25, 0.3) is 0 Å². The quantitative estimate of drug-likeness (QED) is 0.751. The zero-order valence-corrected chi connectivity index (χ0v) is 11.9. The molecule has 2 aliphatic carbocycles. The van der Waals surface area contributed by atoms with Gasteiger partial charge in [0.05, 0.1) is 6.04 Å². The smallest absolute Gasteiger partial charge is 0.240 e. The Kier molecular flexibility index (Phi) is 2.84. The Morgan fingerprint density at radius 2 is 2.30 bits per heavy atom. The minimum Gasteiger partial charge on any atom is -0.303 e. The number of carbonyl (C=O) groups excluding carboxylic acids is 1. The third kappa shape index (κ3) is 1.65. The minimum atomic E-state index is 0.196. The van der Waals surface area contributed by atoms with Crippen LogP contribution in [-0.4, -0.2) is 35.8 Å². The van der Waals surface area contributed by atoms with Gasteiger partial charge in [-0.15, -0.1) is 0 Å². The van der Waals surface area contributed by atoms with Crippen LogP contribution < -0.4 is 10.9 Å².